The van der Waals surface area contributed by atoms with E-state index in [1.54, 1.807) is 11.8 Å². The van der Waals surface area contributed by atoms with Crippen LogP contribution in [0.1, 0.15) is 23.6 Å². The maximum absolute atomic E-state index is 5.74. The number of nitrogen functional groups attached to an aromatic ring is 1. The second-order valence-corrected chi connectivity index (χ2v) is 6.01. The monoisotopic (exact) mass is 289 g/mol. The maximum atomic E-state index is 5.74. The number of hydrogen-bond acceptors (Lipinski definition) is 6. The zero-order chi connectivity index (χ0) is 14.5. The van der Waals surface area contributed by atoms with Gasteiger partial charge in [0.1, 0.15) is 5.82 Å². The highest BCUT2D eigenvalue weighted by atomic mass is 32.2. The first kappa shape index (κ1) is 14.6. The van der Waals surface area contributed by atoms with Gasteiger partial charge in [0.15, 0.2) is 0 Å². The number of benzene rings is 1. The van der Waals surface area contributed by atoms with E-state index in [2.05, 4.69) is 34.0 Å². The average molecular weight is 289 g/mol. The van der Waals surface area contributed by atoms with Crippen molar-refractivity contribution in [2.24, 2.45) is 0 Å². The topological polar surface area (TPSA) is 67.9 Å². The highest BCUT2D eigenvalue weighted by Crippen LogP contribution is 2.29. The summed E-state index contributed by atoms with van der Waals surface area (Å²) in [5.74, 6) is 2.51. The molecule has 0 radical (unpaired) electrons. The van der Waals surface area contributed by atoms with Gasteiger partial charge in [-0.15, -0.1) is 11.8 Å². The third-order valence-electron chi connectivity index (χ3n) is 2.76. The summed E-state index contributed by atoms with van der Waals surface area (Å²) >= 11 is 1.78. The van der Waals surface area contributed by atoms with E-state index in [1.165, 1.54) is 5.56 Å². The van der Waals surface area contributed by atoms with Gasteiger partial charge in [-0.05, 0) is 12.5 Å². The van der Waals surface area contributed by atoms with E-state index in [9.17, 15) is 0 Å². The van der Waals surface area contributed by atoms with Crippen molar-refractivity contribution in [2.45, 2.75) is 17.9 Å². The van der Waals surface area contributed by atoms with Crippen molar-refractivity contribution in [3.8, 4) is 0 Å². The molecule has 1 heterocycles. The molecule has 1 aromatic heterocycles. The van der Waals surface area contributed by atoms with Crippen LogP contribution in [0.3, 0.4) is 0 Å². The van der Waals surface area contributed by atoms with Gasteiger partial charge >= 0.3 is 0 Å². The van der Waals surface area contributed by atoms with E-state index < -0.39 is 0 Å². The predicted molar refractivity (Wildman–Crippen MR) is 84.7 cm³/mol. The lowest BCUT2D eigenvalue weighted by molar-refractivity contribution is 0.865. The van der Waals surface area contributed by atoms with E-state index in [0.29, 0.717) is 5.95 Å². The molecule has 1 aromatic carbocycles. The van der Waals surface area contributed by atoms with Crippen molar-refractivity contribution in [1.82, 2.24) is 15.0 Å². The number of hydrogen-bond donors (Lipinski definition) is 1. The summed E-state index contributed by atoms with van der Waals surface area (Å²) in [5, 5.41) is 0.166. The minimum atomic E-state index is 0.166. The molecule has 1 unspecified atom stereocenters. The van der Waals surface area contributed by atoms with Crippen LogP contribution in [0.15, 0.2) is 30.3 Å². The van der Waals surface area contributed by atoms with Crippen molar-refractivity contribution in [3.63, 3.8) is 0 Å². The van der Waals surface area contributed by atoms with Gasteiger partial charge in [0.25, 0.3) is 0 Å². The Labute approximate surface area is 123 Å². The molecule has 2 N–H and O–H groups in total. The molecule has 106 valence electrons. The highest BCUT2D eigenvalue weighted by molar-refractivity contribution is 7.98. The molecular formula is C14H19N5S. The second-order valence-electron chi connectivity index (χ2n) is 4.69. The van der Waals surface area contributed by atoms with Crippen LogP contribution in [0.5, 0.6) is 0 Å². The maximum Gasteiger partial charge on any atom is 0.229 e. The van der Waals surface area contributed by atoms with Gasteiger partial charge in [0.2, 0.25) is 11.9 Å². The Morgan fingerprint density at radius 3 is 2.50 bits per heavy atom. The third kappa shape index (κ3) is 3.84. The van der Waals surface area contributed by atoms with Crippen molar-refractivity contribution in [3.05, 3.63) is 41.7 Å². The molecule has 0 aliphatic heterocycles. The molecule has 5 nitrogen and oxygen atoms in total. The molecule has 6 heteroatoms. The quantitative estimate of drug-likeness (QED) is 0.912. The summed E-state index contributed by atoms with van der Waals surface area (Å²) in [6.45, 7) is 2.09. The van der Waals surface area contributed by atoms with E-state index in [0.717, 1.165) is 11.6 Å². The average Bonchev–Trinajstić information content (AvgIpc) is 2.45. The molecule has 2 aromatic rings. The van der Waals surface area contributed by atoms with Gasteiger partial charge in [-0.25, -0.2) is 0 Å². The Bertz CT molecular complexity index is 559. The van der Waals surface area contributed by atoms with E-state index >= 15 is 0 Å². The first-order valence-corrected chi connectivity index (χ1v) is 7.45. The first-order chi connectivity index (χ1) is 9.56. The fourth-order valence-corrected chi connectivity index (χ4v) is 2.54. The number of thioether (sulfide) groups is 1. The molecule has 0 saturated heterocycles. The Kier molecular flexibility index (Phi) is 4.79. The summed E-state index contributed by atoms with van der Waals surface area (Å²) in [6.07, 6.45) is 0. The summed E-state index contributed by atoms with van der Waals surface area (Å²) in [6, 6.07) is 10.4. The third-order valence-corrected chi connectivity index (χ3v) is 3.98. The summed E-state index contributed by atoms with van der Waals surface area (Å²) < 4.78 is 0. The molecule has 2 rings (SSSR count). The normalized spacial score (nSPS) is 12.2. The van der Waals surface area contributed by atoms with Gasteiger partial charge < -0.3 is 10.6 Å². The Morgan fingerprint density at radius 2 is 1.85 bits per heavy atom. The van der Waals surface area contributed by atoms with Crippen LogP contribution in [-0.4, -0.2) is 29.0 Å². The second kappa shape index (κ2) is 6.56. The molecule has 0 fully saturated rings. The van der Waals surface area contributed by atoms with Crippen LogP contribution in [0.25, 0.3) is 0 Å². The number of anilines is 2. The molecule has 20 heavy (non-hydrogen) atoms. The van der Waals surface area contributed by atoms with Crippen LogP contribution in [0, 0.1) is 0 Å². The van der Waals surface area contributed by atoms with Gasteiger partial charge in [-0.2, -0.15) is 15.0 Å². The van der Waals surface area contributed by atoms with Crippen molar-refractivity contribution in [2.75, 3.05) is 24.7 Å². The SMILES string of the molecule is CC(SCc1ccccc1)c1nc(N)nc(N(C)C)n1. The summed E-state index contributed by atoms with van der Waals surface area (Å²) in [5.41, 5.74) is 7.04. The van der Waals surface area contributed by atoms with Gasteiger partial charge in [0.05, 0.1) is 5.25 Å². The molecular weight excluding hydrogens is 270 g/mol. The van der Waals surface area contributed by atoms with Gasteiger partial charge in [-0.3, -0.25) is 0 Å². The van der Waals surface area contributed by atoms with Crippen LogP contribution >= 0.6 is 11.8 Å². The first-order valence-electron chi connectivity index (χ1n) is 6.40. The summed E-state index contributed by atoms with van der Waals surface area (Å²) in [4.78, 5) is 14.6. The number of rotatable bonds is 5. The molecule has 0 amide bonds. The lowest BCUT2D eigenvalue weighted by Crippen LogP contribution is -2.16. The van der Waals surface area contributed by atoms with E-state index in [4.69, 9.17) is 5.73 Å². The van der Waals surface area contributed by atoms with E-state index in [1.807, 2.05) is 37.2 Å². The van der Waals surface area contributed by atoms with E-state index in [-0.39, 0.29) is 11.2 Å². The van der Waals surface area contributed by atoms with Gasteiger partial charge in [-0.1, -0.05) is 30.3 Å². The van der Waals surface area contributed by atoms with Crippen molar-refractivity contribution >= 4 is 23.7 Å². The molecule has 0 spiro atoms. The number of aromatic nitrogens is 3. The predicted octanol–water partition coefficient (Wildman–Crippen LogP) is 2.51. The molecule has 0 aliphatic rings. The van der Waals surface area contributed by atoms with Crippen LogP contribution in [0.2, 0.25) is 0 Å². The largest absolute Gasteiger partial charge is 0.368 e. The summed E-state index contributed by atoms with van der Waals surface area (Å²) in [7, 11) is 3.78. The highest BCUT2D eigenvalue weighted by Gasteiger charge is 2.13. The Balaban J connectivity index is 2.07. The van der Waals surface area contributed by atoms with Crippen LogP contribution < -0.4 is 10.6 Å². The van der Waals surface area contributed by atoms with Crippen molar-refractivity contribution < 1.29 is 0 Å². The zero-order valence-electron chi connectivity index (χ0n) is 11.9. The fraction of sp³-hybridized carbons (Fsp3) is 0.357. The smallest absolute Gasteiger partial charge is 0.229 e. The molecule has 0 aliphatic carbocycles. The van der Waals surface area contributed by atoms with Crippen molar-refractivity contribution in [1.29, 1.82) is 0 Å². The minimum absolute atomic E-state index is 0.166. The Morgan fingerprint density at radius 1 is 1.15 bits per heavy atom. The molecule has 0 bridgehead atoms. The molecule has 0 saturated carbocycles. The Hall–Kier alpha value is -1.82. The van der Waals surface area contributed by atoms with Crippen LogP contribution in [-0.2, 0) is 5.75 Å². The molecule has 1 atom stereocenters. The standard InChI is InChI=1S/C14H19N5S/c1-10(20-9-11-7-5-4-6-8-11)12-16-13(15)18-14(17-12)19(2)3/h4-8,10H,9H2,1-3H3,(H2,15,16,17,18). The zero-order valence-corrected chi connectivity index (χ0v) is 12.8. The number of nitrogens with two attached hydrogens (primary N) is 1. The lowest BCUT2D eigenvalue weighted by atomic mass is 10.2. The van der Waals surface area contributed by atoms with Gasteiger partial charge in [0, 0.05) is 19.8 Å². The number of nitrogens with zero attached hydrogens (tertiary/aromatic N) is 4. The fourth-order valence-electron chi connectivity index (χ4n) is 1.65. The lowest BCUT2D eigenvalue weighted by Gasteiger charge is -2.14. The van der Waals surface area contributed by atoms with Crippen LogP contribution in [0.4, 0.5) is 11.9 Å². The minimum Gasteiger partial charge on any atom is -0.368 e.